The fourth-order valence-corrected chi connectivity index (χ4v) is 3.10. The molecule has 5 heteroatoms. The van der Waals surface area contributed by atoms with Crippen molar-refractivity contribution in [2.75, 3.05) is 19.7 Å². The van der Waals surface area contributed by atoms with Crippen LogP contribution in [0.2, 0.25) is 0 Å². The third kappa shape index (κ3) is 2.78. The van der Waals surface area contributed by atoms with Crippen molar-refractivity contribution in [3.05, 3.63) is 0 Å². The average molecular weight is 242 g/mol. The van der Waals surface area contributed by atoms with Crippen LogP contribution in [0.1, 0.15) is 32.1 Å². The molecule has 0 radical (unpaired) electrons. The summed E-state index contributed by atoms with van der Waals surface area (Å²) in [7, 11) is 0. The third-order valence-electron chi connectivity index (χ3n) is 3.90. The van der Waals surface area contributed by atoms with E-state index in [1.807, 2.05) is 0 Å². The maximum Gasteiger partial charge on any atom is 0.320 e. The van der Waals surface area contributed by atoms with Gasteiger partial charge in [0.25, 0.3) is 0 Å². The van der Waals surface area contributed by atoms with Crippen molar-refractivity contribution in [3.63, 3.8) is 0 Å². The number of morpholine rings is 1. The lowest BCUT2D eigenvalue weighted by atomic mass is 9.89. The van der Waals surface area contributed by atoms with Crippen molar-refractivity contribution in [2.24, 2.45) is 5.73 Å². The summed E-state index contributed by atoms with van der Waals surface area (Å²) in [5.74, 6) is -0.748. The van der Waals surface area contributed by atoms with Gasteiger partial charge in [-0.3, -0.25) is 9.69 Å². The van der Waals surface area contributed by atoms with Gasteiger partial charge in [-0.2, -0.15) is 0 Å². The number of fused-ring (bicyclic) bond motifs is 1. The second kappa shape index (κ2) is 5.80. The first kappa shape index (κ1) is 12.8. The lowest BCUT2D eigenvalue weighted by molar-refractivity contribution is -0.153. The highest BCUT2D eigenvalue weighted by atomic mass is 16.5. The number of nitrogens with zero attached hydrogens (tertiary/aromatic N) is 1. The smallest absolute Gasteiger partial charge is 0.320 e. The Morgan fingerprint density at radius 1 is 1.47 bits per heavy atom. The molecule has 98 valence electrons. The zero-order valence-corrected chi connectivity index (χ0v) is 10.2. The first-order valence-corrected chi connectivity index (χ1v) is 6.54. The molecule has 1 saturated carbocycles. The number of carboxylic acids is 1. The molecule has 0 aromatic heterocycles. The Hall–Kier alpha value is -0.650. The molecule has 0 bridgehead atoms. The molecule has 1 saturated heterocycles. The first-order valence-electron chi connectivity index (χ1n) is 6.54. The molecule has 2 aliphatic rings. The number of ether oxygens (including phenoxy) is 1. The van der Waals surface area contributed by atoms with Crippen molar-refractivity contribution in [3.8, 4) is 0 Å². The molecule has 3 N–H and O–H groups in total. The summed E-state index contributed by atoms with van der Waals surface area (Å²) in [6.45, 7) is 1.79. The van der Waals surface area contributed by atoms with Gasteiger partial charge in [-0.1, -0.05) is 12.8 Å². The molecule has 5 nitrogen and oxygen atoms in total. The SMILES string of the molecule is NCCC(C(=O)O)N1CCOC2CCCCC21. The van der Waals surface area contributed by atoms with Crippen LogP contribution in [0.5, 0.6) is 0 Å². The minimum Gasteiger partial charge on any atom is -0.480 e. The summed E-state index contributed by atoms with van der Waals surface area (Å²) in [6.07, 6.45) is 5.25. The van der Waals surface area contributed by atoms with Crippen molar-refractivity contribution in [1.82, 2.24) is 4.90 Å². The minimum atomic E-state index is -0.748. The van der Waals surface area contributed by atoms with E-state index in [4.69, 9.17) is 10.5 Å². The van der Waals surface area contributed by atoms with Gasteiger partial charge in [-0.05, 0) is 25.8 Å². The van der Waals surface area contributed by atoms with Gasteiger partial charge in [0.05, 0.1) is 12.7 Å². The normalized spacial score (nSPS) is 31.8. The van der Waals surface area contributed by atoms with Gasteiger partial charge >= 0.3 is 5.97 Å². The van der Waals surface area contributed by atoms with Gasteiger partial charge in [0.1, 0.15) is 6.04 Å². The van der Waals surface area contributed by atoms with Crippen LogP contribution in [0.25, 0.3) is 0 Å². The van der Waals surface area contributed by atoms with Crippen molar-refractivity contribution in [1.29, 1.82) is 0 Å². The average Bonchev–Trinajstić information content (AvgIpc) is 2.35. The number of nitrogens with two attached hydrogens (primary N) is 1. The minimum absolute atomic E-state index is 0.233. The number of rotatable bonds is 4. The molecular weight excluding hydrogens is 220 g/mol. The van der Waals surface area contributed by atoms with Crippen LogP contribution < -0.4 is 5.73 Å². The quantitative estimate of drug-likeness (QED) is 0.747. The van der Waals surface area contributed by atoms with E-state index < -0.39 is 12.0 Å². The van der Waals surface area contributed by atoms with Crippen LogP contribution in [0.4, 0.5) is 0 Å². The monoisotopic (exact) mass is 242 g/mol. The molecular formula is C12H22N2O3. The Morgan fingerprint density at radius 3 is 2.94 bits per heavy atom. The molecule has 2 rings (SSSR count). The molecule has 1 aliphatic carbocycles. The van der Waals surface area contributed by atoms with Crippen LogP contribution in [-0.2, 0) is 9.53 Å². The molecule has 0 amide bonds. The standard InChI is InChI=1S/C12H22N2O3/c13-6-5-10(12(15)16)14-7-8-17-11-4-2-1-3-9(11)14/h9-11H,1-8,13H2,(H,15,16). The third-order valence-corrected chi connectivity index (χ3v) is 3.90. The second-order valence-corrected chi connectivity index (χ2v) is 4.93. The van der Waals surface area contributed by atoms with Gasteiger partial charge in [0, 0.05) is 12.6 Å². The Bertz CT molecular complexity index is 270. The molecule has 1 aliphatic heterocycles. The van der Waals surface area contributed by atoms with E-state index in [9.17, 15) is 9.90 Å². The number of hydrogen-bond acceptors (Lipinski definition) is 4. The fourth-order valence-electron chi connectivity index (χ4n) is 3.10. The van der Waals surface area contributed by atoms with E-state index in [0.717, 1.165) is 19.4 Å². The van der Waals surface area contributed by atoms with Gasteiger partial charge in [0.15, 0.2) is 0 Å². The number of carboxylic acid groups (broad SMARTS) is 1. The maximum atomic E-state index is 11.3. The lowest BCUT2D eigenvalue weighted by Crippen LogP contribution is -2.58. The van der Waals surface area contributed by atoms with Crippen LogP contribution in [0.15, 0.2) is 0 Å². The van der Waals surface area contributed by atoms with E-state index in [0.29, 0.717) is 19.6 Å². The highest BCUT2D eigenvalue weighted by Gasteiger charge is 2.39. The summed E-state index contributed by atoms with van der Waals surface area (Å²) in [5.41, 5.74) is 5.52. The zero-order chi connectivity index (χ0) is 12.3. The molecule has 0 aromatic rings. The molecule has 0 aromatic carbocycles. The maximum absolute atomic E-state index is 11.3. The van der Waals surface area contributed by atoms with Crippen molar-refractivity contribution < 1.29 is 14.6 Å². The Balaban J connectivity index is 2.08. The predicted molar refractivity (Wildman–Crippen MR) is 63.8 cm³/mol. The van der Waals surface area contributed by atoms with Crippen LogP contribution in [0.3, 0.4) is 0 Å². The van der Waals surface area contributed by atoms with Crippen molar-refractivity contribution >= 4 is 5.97 Å². The fraction of sp³-hybridized carbons (Fsp3) is 0.917. The van der Waals surface area contributed by atoms with Crippen molar-refractivity contribution in [2.45, 2.75) is 50.3 Å². The molecule has 1 heterocycles. The Labute approximate surface area is 102 Å². The summed E-state index contributed by atoms with van der Waals surface area (Å²) < 4.78 is 5.75. The first-order chi connectivity index (χ1) is 8.24. The molecule has 3 atom stereocenters. The lowest BCUT2D eigenvalue weighted by Gasteiger charge is -2.46. The Kier molecular flexibility index (Phi) is 4.36. The number of hydrogen-bond donors (Lipinski definition) is 2. The molecule has 2 fully saturated rings. The van der Waals surface area contributed by atoms with E-state index in [1.165, 1.54) is 12.8 Å². The zero-order valence-electron chi connectivity index (χ0n) is 10.2. The summed E-state index contributed by atoms with van der Waals surface area (Å²) in [5, 5.41) is 9.31. The van der Waals surface area contributed by atoms with Gasteiger partial charge in [-0.15, -0.1) is 0 Å². The van der Waals surface area contributed by atoms with Gasteiger partial charge < -0.3 is 15.6 Å². The number of aliphatic carboxylic acids is 1. The van der Waals surface area contributed by atoms with E-state index in [2.05, 4.69) is 4.90 Å². The molecule has 17 heavy (non-hydrogen) atoms. The summed E-state index contributed by atoms with van der Waals surface area (Å²) in [4.78, 5) is 13.4. The van der Waals surface area contributed by atoms with E-state index in [-0.39, 0.29) is 12.1 Å². The highest BCUT2D eigenvalue weighted by molar-refractivity contribution is 5.73. The Morgan fingerprint density at radius 2 is 2.24 bits per heavy atom. The number of carbonyl (C=O) groups is 1. The molecule has 0 spiro atoms. The van der Waals surface area contributed by atoms with Crippen LogP contribution >= 0.6 is 0 Å². The largest absolute Gasteiger partial charge is 0.480 e. The second-order valence-electron chi connectivity index (χ2n) is 4.93. The van der Waals surface area contributed by atoms with E-state index in [1.54, 1.807) is 0 Å². The predicted octanol–water partition coefficient (Wildman–Crippen LogP) is 0.432. The van der Waals surface area contributed by atoms with Crippen LogP contribution in [-0.4, -0.2) is 53.9 Å². The van der Waals surface area contributed by atoms with Gasteiger partial charge in [-0.25, -0.2) is 0 Å². The summed E-state index contributed by atoms with van der Waals surface area (Å²) >= 11 is 0. The molecule has 3 unspecified atom stereocenters. The van der Waals surface area contributed by atoms with E-state index >= 15 is 0 Å². The topological polar surface area (TPSA) is 75.8 Å². The van der Waals surface area contributed by atoms with Gasteiger partial charge in [0.2, 0.25) is 0 Å². The summed E-state index contributed by atoms with van der Waals surface area (Å²) in [6, 6.07) is -0.153. The van der Waals surface area contributed by atoms with Crippen LogP contribution in [0, 0.1) is 0 Å². The highest BCUT2D eigenvalue weighted by Crippen LogP contribution is 2.30.